The second kappa shape index (κ2) is 7.69. The predicted octanol–water partition coefficient (Wildman–Crippen LogP) is 1.52. The minimum absolute atomic E-state index is 0. The maximum atomic E-state index is 4.34. The Bertz CT molecular complexity index is 301. The Balaban J connectivity index is 0.00000256. The molecule has 1 rings (SSSR count). The van der Waals surface area contributed by atoms with Crippen LogP contribution in [0.1, 0.15) is 19.5 Å². The van der Waals surface area contributed by atoms with Gasteiger partial charge >= 0.3 is 0 Å². The maximum absolute atomic E-state index is 4.34. The summed E-state index contributed by atoms with van der Waals surface area (Å²) >= 11 is 0. The molecule has 1 atom stereocenters. The third-order valence-electron chi connectivity index (χ3n) is 2.86. The van der Waals surface area contributed by atoms with Gasteiger partial charge in [0.1, 0.15) is 0 Å². The van der Waals surface area contributed by atoms with E-state index in [1.165, 1.54) is 0 Å². The highest BCUT2D eigenvalue weighted by Gasteiger charge is 2.14. The number of nitrogens with zero attached hydrogens (tertiary/aromatic N) is 3. The highest BCUT2D eigenvalue weighted by molar-refractivity contribution is 5.85. The molecular weight excluding hydrogens is 236 g/mol. The second-order valence-electron chi connectivity index (χ2n) is 4.89. The van der Waals surface area contributed by atoms with E-state index < -0.39 is 0 Å². The Morgan fingerprint density at radius 1 is 1.41 bits per heavy atom. The SMILES string of the molecule is CC(C)C(CNCc1ccn(C)n1)N(C)C.Cl. The fraction of sp³-hybridized carbons (Fsp3) is 0.750. The lowest BCUT2D eigenvalue weighted by atomic mass is 10.0. The van der Waals surface area contributed by atoms with Gasteiger partial charge < -0.3 is 10.2 Å². The molecule has 0 saturated heterocycles. The van der Waals surface area contributed by atoms with Gasteiger partial charge in [-0.2, -0.15) is 5.10 Å². The van der Waals surface area contributed by atoms with E-state index in [0.717, 1.165) is 18.8 Å². The molecule has 4 nitrogen and oxygen atoms in total. The third-order valence-corrected chi connectivity index (χ3v) is 2.86. The summed E-state index contributed by atoms with van der Waals surface area (Å²) in [4.78, 5) is 2.27. The molecular formula is C12H25ClN4. The molecule has 0 aliphatic rings. The summed E-state index contributed by atoms with van der Waals surface area (Å²) in [6.07, 6.45) is 1.98. The van der Waals surface area contributed by atoms with E-state index in [1.54, 1.807) is 0 Å². The van der Waals surface area contributed by atoms with Crippen LogP contribution in [-0.2, 0) is 13.6 Å². The van der Waals surface area contributed by atoms with E-state index in [2.05, 4.69) is 43.3 Å². The van der Waals surface area contributed by atoms with Crippen molar-refractivity contribution in [1.82, 2.24) is 20.0 Å². The number of nitrogens with one attached hydrogen (secondary N) is 1. The van der Waals surface area contributed by atoms with Crippen molar-refractivity contribution in [2.45, 2.75) is 26.4 Å². The molecule has 1 heterocycles. The molecule has 0 saturated carbocycles. The van der Waals surface area contributed by atoms with Gasteiger partial charge in [0, 0.05) is 32.4 Å². The van der Waals surface area contributed by atoms with Gasteiger partial charge in [0.05, 0.1) is 5.69 Å². The van der Waals surface area contributed by atoms with E-state index in [9.17, 15) is 0 Å². The molecule has 1 unspecified atom stereocenters. The number of aryl methyl sites for hydroxylation is 1. The van der Waals surface area contributed by atoms with Crippen LogP contribution < -0.4 is 5.32 Å². The number of aromatic nitrogens is 2. The number of likely N-dealkylation sites (N-methyl/N-ethyl adjacent to an activating group) is 1. The predicted molar refractivity (Wildman–Crippen MR) is 74.5 cm³/mol. The summed E-state index contributed by atoms with van der Waals surface area (Å²) in [6.45, 7) is 6.36. The van der Waals surface area contributed by atoms with Crippen molar-refractivity contribution in [3.8, 4) is 0 Å². The van der Waals surface area contributed by atoms with Gasteiger partial charge in [-0.25, -0.2) is 0 Å². The lowest BCUT2D eigenvalue weighted by Gasteiger charge is -2.28. The van der Waals surface area contributed by atoms with Crippen LogP contribution in [0.3, 0.4) is 0 Å². The van der Waals surface area contributed by atoms with Crippen molar-refractivity contribution < 1.29 is 0 Å². The van der Waals surface area contributed by atoms with Crippen LogP contribution in [0.5, 0.6) is 0 Å². The zero-order valence-corrected chi connectivity index (χ0v) is 12.3. The fourth-order valence-electron chi connectivity index (χ4n) is 1.92. The Morgan fingerprint density at radius 2 is 2.06 bits per heavy atom. The van der Waals surface area contributed by atoms with E-state index >= 15 is 0 Å². The summed E-state index contributed by atoms with van der Waals surface area (Å²) in [6, 6.07) is 2.62. The minimum Gasteiger partial charge on any atom is -0.310 e. The van der Waals surface area contributed by atoms with E-state index in [4.69, 9.17) is 0 Å². The number of hydrogen-bond acceptors (Lipinski definition) is 3. The van der Waals surface area contributed by atoms with Gasteiger partial charge in [-0.3, -0.25) is 4.68 Å². The summed E-state index contributed by atoms with van der Waals surface area (Å²) in [5.41, 5.74) is 1.10. The van der Waals surface area contributed by atoms with E-state index in [1.807, 2.05) is 24.0 Å². The van der Waals surface area contributed by atoms with Gasteiger partial charge in [-0.05, 0) is 26.1 Å². The molecule has 0 aliphatic heterocycles. The average Bonchev–Trinajstić information content (AvgIpc) is 2.57. The summed E-state index contributed by atoms with van der Waals surface area (Å²) < 4.78 is 1.84. The second-order valence-corrected chi connectivity index (χ2v) is 4.89. The molecule has 5 heteroatoms. The Morgan fingerprint density at radius 3 is 2.47 bits per heavy atom. The van der Waals surface area contributed by atoms with Crippen molar-refractivity contribution in [2.24, 2.45) is 13.0 Å². The zero-order chi connectivity index (χ0) is 12.1. The molecule has 0 radical (unpaired) electrons. The standard InChI is InChI=1S/C12H24N4.ClH/c1-10(2)12(15(3)4)9-13-8-11-6-7-16(5)14-11;/h6-7,10,12-13H,8-9H2,1-5H3;1H. The molecule has 17 heavy (non-hydrogen) atoms. The summed E-state index contributed by atoms with van der Waals surface area (Å²) in [5, 5.41) is 7.80. The average molecular weight is 261 g/mol. The Kier molecular flexibility index (Phi) is 7.43. The molecule has 1 aromatic rings. The van der Waals surface area contributed by atoms with Crippen molar-refractivity contribution in [3.63, 3.8) is 0 Å². The lowest BCUT2D eigenvalue weighted by molar-refractivity contribution is 0.224. The van der Waals surface area contributed by atoms with Gasteiger partial charge in [-0.1, -0.05) is 13.8 Å². The van der Waals surface area contributed by atoms with Crippen molar-refractivity contribution in [2.75, 3.05) is 20.6 Å². The van der Waals surface area contributed by atoms with Gasteiger partial charge in [0.25, 0.3) is 0 Å². The maximum Gasteiger partial charge on any atom is 0.0762 e. The quantitative estimate of drug-likeness (QED) is 0.842. The number of hydrogen-bond donors (Lipinski definition) is 1. The molecule has 0 amide bonds. The highest BCUT2D eigenvalue weighted by Crippen LogP contribution is 2.06. The van der Waals surface area contributed by atoms with Crippen molar-refractivity contribution >= 4 is 12.4 Å². The molecule has 0 bridgehead atoms. The van der Waals surface area contributed by atoms with Crippen LogP contribution >= 0.6 is 12.4 Å². The molecule has 0 fully saturated rings. The summed E-state index contributed by atoms with van der Waals surface area (Å²) in [5.74, 6) is 0.659. The smallest absolute Gasteiger partial charge is 0.0762 e. The first kappa shape index (κ1) is 16.4. The molecule has 0 aliphatic carbocycles. The first-order chi connectivity index (χ1) is 7.50. The first-order valence-corrected chi connectivity index (χ1v) is 5.86. The van der Waals surface area contributed by atoms with Crippen LogP contribution in [0.4, 0.5) is 0 Å². The van der Waals surface area contributed by atoms with Crippen LogP contribution in [0, 0.1) is 5.92 Å². The highest BCUT2D eigenvalue weighted by atomic mass is 35.5. The molecule has 0 spiro atoms. The van der Waals surface area contributed by atoms with Crippen molar-refractivity contribution in [3.05, 3.63) is 18.0 Å². The monoisotopic (exact) mass is 260 g/mol. The van der Waals surface area contributed by atoms with Crippen LogP contribution in [0.2, 0.25) is 0 Å². The van der Waals surface area contributed by atoms with E-state index in [-0.39, 0.29) is 12.4 Å². The van der Waals surface area contributed by atoms with Crippen molar-refractivity contribution in [1.29, 1.82) is 0 Å². The summed E-state index contributed by atoms with van der Waals surface area (Å²) in [7, 11) is 6.21. The zero-order valence-electron chi connectivity index (χ0n) is 11.5. The topological polar surface area (TPSA) is 33.1 Å². The van der Waals surface area contributed by atoms with E-state index in [0.29, 0.717) is 12.0 Å². The van der Waals surface area contributed by atoms with Gasteiger partial charge in [0.15, 0.2) is 0 Å². The van der Waals surface area contributed by atoms with Crippen LogP contribution in [-0.4, -0.2) is 41.4 Å². The van der Waals surface area contributed by atoms with Gasteiger partial charge in [-0.15, -0.1) is 12.4 Å². The fourth-order valence-corrected chi connectivity index (χ4v) is 1.92. The number of rotatable bonds is 6. The largest absolute Gasteiger partial charge is 0.310 e. The van der Waals surface area contributed by atoms with Crippen LogP contribution in [0.25, 0.3) is 0 Å². The Hall–Kier alpha value is -0.580. The lowest BCUT2D eigenvalue weighted by Crippen LogP contribution is -2.41. The molecule has 0 aromatic carbocycles. The normalized spacial score (nSPS) is 12.9. The first-order valence-electron chi connectivity index (χ1n) is 5.86. The number of halogens is 1. The third kappa shape index (κ3) is 5.52. The molecule has 1 N–H and O–H groups in total. The van der Waals surface area contributed by atoms with Gasteiger partial charge in [0.2, 0.25) is 0 Å². The Labute approximate surface area is 111 Å². The minimum atomic E-state index is 0. The molecule has 1 aromatic heterocycles. The molecule has 100 valence electrons. The van der Waals surface area contributed by atoms with Crippen LogP contribution in [0.15, 0.2) is 12.3 Å².